The maximum absolute atomic E-state index is 11.1. The molecule has 1 aromatic heterocycles. The second-order valence-corrected chi connectivity index (χ2v) is 7.13. The van der Waals surface area contributed by atoms with Crippen molar-refractivity contribution in [1.82, 2.24) is 4.98 Å². The number of pyridine rings is 1. The van der Waals surface area contributed by atoms with Crippen LogP contribution in [0.5, 0.6) is 5.75 Å². The van der Waals surface area contributed by atoms with Crippen LogP contribution in [-0.2, 0) is 5.60 Å². The van der Waals surface area contributed by atoms with E-state index < -0.39 is 5.60 Å². The number of aliphatic hydroxyl groups is 1. The van der Waals surface area contributed by atoms with Crippen molar-refractivity contribution < 1.29 is 9.84 Å². The molecule has 1 aliphatic rings. The van der Waals surface area contributed by atoms with E-state index in [1.165, 1.54) is 0 Å². The Morgan fingerprint density at radius 1 is 1.08 bits per heavy atom. The quantitative estimate of drug-likeness (QED) is 0.745. The molecular weight excluding hydrogens is 348 g/mol. The number of aromatic nitrogens is 1. The molecule has 4 nitrogen and oxygen atoms in total. The van der Waals surface area contributed by atoms with Gasteiger partial charge in [0.25, 0.3) is 0 Å². The van der Waals surface area contributed by atoms with Gasteiger partial charge in [0.2, 0.25) is 0 Å². The highest BCUT2D eigenvalue weighted by Gasteiger charge is 2.35. The average molecular weight is 369 g/mol. The van der Waals surface area contributed by atoms with Crippen LogP contribution in [0.3, 0.4) is 0 Å². The zero-order chi connectivity index (χ0) is 18.1. The molecule has 2 aromatic carbocycles. The molecule has 0 spiro atoms. The Bertz CT molecular complexity index is 936. The van der Waals surface area contributed by atoms with E-state index in [9.17, 15) is 5.11 Å². The fourth-order valence-corrected chi connectivity index (χ4v) is 3.92. The molecule has 4 rings (SSSR count). The Morgan fingerprint density at radius 3 is 2.58 bits per heavy atom. The van der Waals surface area contributed by atoms with Crippen molar-refractivity contribution >= 4 is 28.3 Å². The number of nitrogens with zero attached hydrogens (tertiary/aromatic N) is 2. The highest BCUT2D eigenvalue weighted by Crippen LogP contribution is 2.37. The van der Waals surface area contributed by atoms with Crippen molar-refractivity contribution in [3.05, 3.63) is 65.2 Å². The van der Waals surface area contributed by atoms with Gasteiger partial charge >= 0.3 is 0 Å². The smallest absolute Gasteiger partial charge is 0.129 e. The molecule has 1 aliphatic heterocycles. The van der Waals surface area contributed by atoms with Gasteiger partial charge in [0.1, 0.15) is 11.6 Å². The zero-order valence-corrected chi connectivity index (χ0v) is 15.4. The molecule has 3 aromatic rings. The number of anilines is 1. The molecule has 134 valence electrons. The first-order valence-corrected chi connectivity index (χ1v) is 9.14. The van der Waals surface area contributed by atoms with E-state index in [0.29, 0.717) is 17.9 Å². The van der Waals surface area contributed by atoms with E-state index >= 15 is 0 Å². The topological polar surface area (TPSA) is 45.6 Å². The van der Waals surface area contributed by atoms with Gasteiger partial charge in [-0.3, -0.25) is 0 Å². The van der Waals surface area contributed by atoms with Gasteiger partial charge in [-0.05, 0) is 49.2 Å². The molecule has 0 bridgehead atoms. The van der Waals surface area contributed by atoms with Gasteiger partial charge < -0.3 is 14.7 Å². The molecule has 1 N–H and O–H groups in total. The van der Waals surface area contributed by atoms with Crippen LogP contribution in [-0.4, -0.2) is 30.3 Å². The summed E-state index contributed by atoms with van der Waals surface area (Å²) in [6, 6.07) is 17.5. The lowest BCUT2D eigenvalue weighted by atomic mass is 9.84. The standard InChI is InChI=1S/C21H21ClN2O2/c1-26-16-7-8-19-15(14-16)6-9-20(23-19)24-12-10-21(25,11-13-24)17-4-2-3-5-18(17)22/h2-9,14,25H,10-13H2,1H3. The fourth-order valence-electron chi connectivity index (χ4n) is 3.61. The summed E-state index contributed by atoms with van der Waals surface area (Å²) >= 11 is 6.29. The molecule has 0 atom stereocenters. The summed E-state index contributed by atoms with van der Waals surface area (Å²) in [5.41, 5.74) is 0.883. The van der Waals surface area contributed by atoms with Gasteiger partial charge in [-0.2, -0.15) is 0 Å². The van der Waals surface area contributed by atoms with E-state index in [1.807, 2.05) is 48.5 Å². The molecule has 26 heavy (non-hydrogen) atoms. The summed E-state index contributed by atoms with van der Waals surface area (Å²) in [4.78, 5) is 6.99. The summed E-state index contributed by atoms with van der Waals surface area (Å²) in [5, 5.41) is 12.8. The molecule has 0 aliphatic carbocycles. The van der Waals surface area contributed by atoms with E-state index in [4.69, 9.17) is 21.3 Å². The number of fused-ring (bicyclic) bond motifs is 1. The summed E-state index contributed by atoms with van der Waals surface area (Å²) < 4.78 is 5.27. The Balaban J connectivity index is 1.54. The zero-order valence-electron chi connectivity index (χ0n) is 14.7. The molecular formula is C21H21ClN2O2. The molecule has 1 fully saturated rings. The van der Waals surface area contributed by atoms with Crippen LogP contribution >= 0.6 is 11.6 Å². The minimum absolute atomic E-state index is 0.624. The number of rotatable bonds is 3. The molecule has 0 saturated carbocycles. The minimum Gasteiger partial charge on any atom is -0.497 e. The molecule has 1 saturated heterocycles. The first-order chi connectivity index (χ1) is 12.6. The van der Waals surface area contributed by atoms with E-state index in [1.54, 1.807) is 7.11 Å². The molecule has 2 heterocycles. The fraction of sp³-hybridized carbons (Fsp3) is 0.286. The second-order valence-electron chi connectivity index (χ2n) is 6.73. The lowest BCUT2D eigenvalue weighted by molar-refractivity contribution is 0.0118. The Morgan fingerprint density at radius 2 is 1.85 bits per heavy atom. The van der Waals surface area contributed by atoms with Crippen molar-refractivity contribution in [3.8, 4) is 5.75 Å². The molecule has 0 unspecified atom stereocenters. The monoisotopic (exact) mass is 368 g/mol. The predicted molar refractivity (Wildman–Crippen MR) is 105 cm³/mol. The van der Waals surface area contributed by atoms with Crippen LogP contribution in [0.15, 0.2) is 54.6 Å². The Labute approximate surface area is 158 Å². The third-order valence-corrected chi connectivity index (χ3v) is 5.50. The van der Waals surface area contributed by atoms with Crippen LogP contribution in [0, 0.1) is 0 Å². The van der Waals surface area contributed by atoms with Crippen LogP contribution < -0.4 is 9.64 Å². The highest BCUT2D eigenvalue weighted by molar-refractivity contribution is 6.31. The van der Waals surface area contributed by atoms with Gasteiger partial charge in [-0.1, -0.05) is 29.8 Å². The third kappa shape index (κ3) is 3.11. The van der Waals surface area contributed by atoms with Gasteiger partial charge in [0.05, 0.1) is 18.2 Å². The first-order valence-electron chi connectivity index (χ1n) is 8.76. The third-order valence-electron chi connectivity index (χ3n) is 5.17. The molecule has 0 amide bonds. The summed E-state index contributed by atoms with van der Waals surface area (Å²) in [6.07, 6.45) is 1.25. The summed E-state index contributed by atoms with van der Waals surface area (Å²) in [7, 11) is 1.66. The largest absolute Gasteiger partial charge is 0.497 e. The van der Waals surface area contributed by atoms with Gasteiger partial charge in [-0.15, -0.1) is 0 Å². The van der Waals surface area contributed by atoms with Gasteiger partial charge in [0.15, 0.2) is 0 Å². The Kier molecular flexibility index (Phi) is 4.47. The van der Waals surface area contributed by atoms with E-state index in [0.717, 1.165) is 41.1 Å². The Hall–Kier alpha value is -2.30. The first kappa shape index (κ1) is 17.1. The number of ether oxygens (including phenoxy) is 1. The maximum Gasteiger partial charge on any atom is 0.129 e. The molecule has 0 radical (unpaired) electrons. The van der Waals surface area contributed by atoms with Crippen LogP contribution in [0.1, 0.15) is 18.4 Å². The lowest BCUT2D eigenvalue weighted by Gasteiger charge is -2.39. The average Bonchev–Trinajstić information content (AvgIpc) is 2.68. The van der Waals surface area contributed by atoms with Gasteiger partial charge in [-0.25, -0.2) is 4.98 Å². The molecule has 5 heteroatoms. The van der Waals surface area contributed by atoms with E-state index in [-0.39, 0.29) is 0 Å². The number of halogens is 1. The number of hydrogen-bond donors (Lipinski definition) is 1. The van der Waals surface area contributed by atoms with Crippen molar-refractivity contribution in [2.24, 2.45) is 0 Å². The number of hydrogen-bond acceptors (Lipinski definition) is 4. The van der Waals surface area contributed by atoms with Crippen molar-refractivity contribution in [3.63, 3.8) is 0 Å². The normalized spacial score (nSPS) is 16.7. The van der Waals surface area contributed by atoms with Crippen molar-refractivity contribution in [2.45, 2.75) is 18.4 Å². The van der Waals surface area contributed by atoms with Crippen molar-refractivity contribution in [2.75, 3.05) is 25.1 Å². The van der Waals surface area contributed by atoms with Crippen LogP contribution in [0.25, 0.3) is 10.9 Å². The minimum atomic E-state index is -0.876. The van der Waals surface area contributed by atoms with E-state index in [2.05, 4.69) is 11.0 Å². The maximum atomic E-state index is 11.1. The number of benzene rings is 2. The number of methoxy groups -OCH3 is 1. The summed E-state index contributed by atoms with van der Waals surface area (Å²) in [6.45, 7) is 1.47. The lowest BCUT2D eigenvalue weighted by Crippen LogP contribution is -2.43. The predicted octanol–water partition coefficient (Wildman–Crippen LogP) is 4.38. The van der Waals surface area contributed by atoms with Gasteiger partial charge in [0, 0.05) is 29.1 Å². The number of piperidine rings is 1. The van der Waals surface area contributed by atoms with Crippen molar-refractivity contribution in [1.29, 1.82) is 0 Å². The second kappa shape index (κ2) is 6.78. The highest BCUT2D eigenvalue weighted by atomic mass is 35.5. The SMILES string of the molecule is COc1ccc2nc(N3CCC(O)(c4ccccc4Cl)CC3)ccc2c1. The van der Waals surface area contributed by atoms with Crippen LogP contribution in [0.2, 0.25) is 5.02 Å². The van der Waals surface area contributed by atoms with Crippen LogP contribution in [0.4, 0.5) is 5.82 Å². The summed E-state index contributed by atoms with van der Waals surface area (Å²) in [5.74, 6) is 1.76.